The third kappa shape index (κ3) is 5.67. The molecule has 0 unspecified atom stereocenters. The van der Waals surface area contributed by atoms with Crippen LogP contribution in [0.3, 0.4) is 0 Å². The molecule has 2 amide bonds. The molecule has 5 heteroatoms. The summed E-state index contributed by atoms with van der Waals surface area (Å²) >= 11 is 0. The van der Waals surface area contributed by atoms with E-state index in [1.807, 2.05) is 54.3 Å². The highest BCUT2D eigenvalue weighted by molar-refractivity contribution is 5.92. The second-order valence-corrected chi connectivity index (χ2v) is 7.59. The fourth-order valence-corrected chi connectivity index (χ4v) is 3.49. The van der Waals surface area contributed by atoms with Gasteiger partial charge in [-0.05, 0) is 30.5 Å². The van der Waals surface area contributed by atoms with E-state index in [1.165, 1.54) is 11.1 Å². The second kappa shape index (κ2) is 9.51. The van der Waals surface area contributed by atoms with Crippen molar-refractivity contribution in [1.29, 1.82) is 0 Å². The van der Waals surface area contributed by atoms with Crippen LogP contribution in [0.4, 0.5) is 5.69 Å². The van der Waals surface area contributed by atoms with Crippen molar-refractivity contribution in [2.45, 2.75) is 26.2 Å². The molecule has 148 valence electrons. The molecule has 0 aromatic heterocycles. The SMILES string of the molecule is Cc1ccc(NC(=O)CN2CCN(C(=O)C[C@@H](C)c3ccccc3)CC2)cc1. The summed E-state index contributed by atoms with van der Waals surface area (Å²) in [5.74, 6) is 0.397. The van der Waals surface area contributed by atoms with Crippen LogP contribution in [0.15, 0.2) is 54.6 Å². The van der Waals surface area contributed by atoms with E-state index in [9.17, 15) is 9.59 Å². The zero-order valence-electron chi connectivity index (χ0n) is 16.7. The number of aryl methyl sites for hydroxylation is 1. The highest BCUT2D eigenvalue weighted by Crippen LogP contribution is 2.20. The van der Waals surface area contributed by atoms with Crippen molar-refractivity contribution in [2.24, 2.45) is 0 Å². The van der Waals surface area contributed by atoms with Crippen LogP contribution in [0.5, 0.6) is 0 Å². The smallest absolute Gasteiger partial charge is 0.238 e. The van der Waals surface area contributed by atoms with Gasteiger partial charge >= 0.3 is 0 Å². The van der Waals surface area contributed by atoms with Gasteiger partial charge in [-0.2, -0.15) is 0 Å². The first-order valence-corrected chi connectivity index (χ1v) is 9.93. The molecule has 1 heterocycles. The molecular formula is C23H29N3O2. The first-order chi connectivity index (χ1) is 13.5. The Hall–Kier alpha value is -2.66. The standard InChI is InChI=1S/C23H29N3O2/c1-18-8-10-21(11-9-18)24-22(27)17-25-12-14-26(15-13-25)23(28)16-19(2)20-6-4-3-5-7-20/h3-11,19H,12-17H2,1-2H3,(H,24,27)/t19-/m1/s1. The molecule has 28 heavy (non-hydrogen) atoms. The molecule has 3 rings (SSSR count). The number of hydrogen-bond donors (Lipinski definition) is 1. The van der Waals surface area contributed by atoms with Gasteiger partial charge in [0.2, 0.25) is 11.8 Å². The molecule has 1 saturated heterocycles. The maximum atomic E-state index is 12.6. The van der Waals surface area contributed by atoms with Gasteiger partial charge < -0.3 is 10.2 Å². The molecule has 0 saturated carbocycles. The lowest BCUT2D eigenvalue weighted by molar-refractivity contribution is -0.133. The predicted octanol–water partition coefficient (Wildman–Crippen LogP) is 3.27. The Kier molecular flexibility index (Phi) is 6.82. The van der Waals surface area contributed by atoms with Gasteiger partial charge in [0.15, 0.2) is 0 Å². The summed E-state index contributed by atoms with van der Waals surface area (Å²) in [5.41, 5.74) is 3.18. The monoisotopic (exact) mass is 379 g/mol. The highest BCUT2D eigenvalue weighted by Gasteiger charge is 2.23. The predicted molar refractivity (Wildman–Crippen MR) is 112 cm³/mol. The number of carbonyl (C=O) groups is 2. The molecule has 0 bridgehead atoms. The number of carbonyl (C=O) groups excluding carboxylic acids is 2. The Bertz CT molecular complexity index is 781. The van der Waals surface area contributed by atoms with Crippen LogP contribution in [0.1, 0.15) is 30.4 Å². The summed E-state index contributed by atoms with van der Waals surface area (Å²) in [6, 6.07) is 18.0. The molecule has 2 aromatic carbocycles. The lowest BCUT2D eigenvalue weighted by atomic mass is 9.97. The van der Waals surface area contributed by atoms with Gasteiger partial charge in [-0.15, -0.1) is 0 Å². The number of amides is 2. The van der Waals surface area contributed by atoms with Crippen LogP contribution in [-0.2, 0) is 9.59 Å². The summed E-state index contributed by atoms with van der Waals surface area (Å²) < 4.78 is 0. The minimum Gasteiger partial charge on any atom is -0.340 e. The first kappa shape index (κ1) is 20.1. The van der Waals surface area contributed by atoms with Crippen molar-refractivity contribution >= 4 is 17.5 Å². The van der Waals surface area contributed by atoms with E-state index in [0.29, 0.717) is 26.1 Å². The van der Waals surface area contributed by atoms with Crippen molar-refractivity contribution in [3.63, 3.8) is 0 Å². The van der Waals surface area contributed by atoms with E-state index >= 15 is 0 Å². The number of anilines is 1. The van der Waals surface area contributed by atoms with E-state index in [1.54, 1.807) is 0 Å². The molecule has 1 fully saturated rings. The van der Waals surface area contributed by atoms with Crippen LogP contribution in [0.2, 0.25) is 0 Å². The molecule has 1 N–H and O–H groups in total. The Balaban J connectivity index is 1.41. The molecule has 0 aliphatic carbocycles. The van der Waals surface area contributed by atoms with Crippen molar-refractivity contribution < 1.29 is 9.59 Å². The molecule has 0 spiro atoms. The summed E-state index contributed by atoms with van der Waals surface area (Å²) in [5, 5.41) is 2.93. The van der Waals surface area contributed by atoms with Gasteiger partial charge in [-0.1, -0.05) is 55.0 Å². The number of benzene rings is 2. The minimum absolute atomic E-state index is 0.0127. The fourth-order valence-electron chi connectivity index (χ4n) is 3.49. The van der Waals surface area contributed by atoms with Crippen LogP contribution in [-0.4, -0.2) is 54.3 Å². The third-order valence-electron chi connectivity index (χ3n) is 5.28. The number of piperazine rings is 1. The lowest BCUT2D eigenvalue weighted by Crippen LogP contribution is -2.50. The van der Waals surface area contributed by atoms with E-state index in [2.05, 4.69) is 29.3 Å². The molecule has 2 aromatic rings. The van der Waals surface area contributed by atoms with Gasteiger partial charge in [0.05, 0.1) is 6.54 Å². The molecular weight excluding hydrogens is 350 g/mol. The second-order valence-electron chi connectivity index (χ2n) is 7.59. The minimum atomic E-state index is -0.0127. The van der Waals surface area contributed by atoms with E-state index < -0.39 is 0 Å². The van der Waals surface area contributed by atoms with Crippen LogP contribution < -0.4 is 5.32 Å². The van der Waals surface area contributed by atoms with E-state index in [-0.39, 0.29) is 17.7 Å². The average Bonchev–Trinajstić information content (AvgIpc) is 2.71. The maximum absolute atomic E-state index is 12.6. The Labute approximate surface area is 167 Å². The quantitative estimate of drug-likeness (QED) is 0.838. The first-order valence-electron chi connectivity index (χ1n) is 9.93. The largest absolute Gasteiger partial charge is 0.340 e. The third-order valence-corrected chi connectivity index (χ3v) is 5.28. The number of nitrogens with one attached hydrogen (secondary N) is 1. The van der Waals surface area contributed by atoms with E-state index in [4.69, 9.17) is 0 Å². The topological polar surface area (TPSA) is 52.7 Å². The normalized spacial score (nSPS) is 15.9. The average molecular weight is 380 g/mol. The van der Waals surface area contributed by atoms with E-state index in [0.717, 1.165) is 18.8 Å². The van der Waals surface area contributed by atoms with Crippen LogP contribution in [0.25, 0.3) is 0 Å². The molecule has 1 atom stereocenters. The zero-order chi connectivity index (χ0) is 19.9. The molecule has 1 aliphatic heterocycles. The summed E-state index contributed by atoms with van der Waals surface area (Å²) in [6.45, 7) is 7.29. The van der Waals surface area contributed by atoms with Crippen molar-refractivity contribution in [3.8, 4) is 0 Å². The Morgan fingerprint density at radius 2 is 1.61 bits per heavy atom. The summed E-state index contributed by atoms with van der Waals surface area (Å²) in [7, 11) is 0. The molecule has 0 radical (unpaired) electrons. The number of hydrogen-bond acceptors (Lipinski definition) is 3. The van der Waals surface area contributed by atoms with Gasteiger partial charge in [0, 0.05) is 38.3 Å². The van der Waals surface area contributed by atoms with Crippen molar-refractivity contribution in [2.75, 3.05) is 38.0 Å². The Morgan fingerprint density at radius 1 is 0.964 bits per heavy atom. The fraction of sp³-hybridized carbons (Fsp3) is 0.391. The van der Waals surface area contributed by atoms with Gasteiger partial charge in [-0.3, -0.25) is 14.5 Å². The Morgan fingerprint density at radius 3 is 2.25 bits per heavy atom. The van der Waals surface area contributed by atoms with Gasteiger partial charge in [0.25, 0.3) is 0 Å². The van der Waals surface area contributed by atoms with Gasteiger partial charge in [-0.25, -0.2) is 0 Å². The van der Waals surface area contributed by atoms with Gasteiger partial charge in [0.1, 0.15) is 0 Å². The zero-order valence-corrected chi connectivity index (χ0v) is 16.7. The number of rotatable bonds is 6. The molecule has 1 aliphatic rings. The maximum Gasteiger partial charge on any atom is 0.238 e. The van der Waals surface area contributed by atoms with Crippen molar-refractivity contribution in [3.05, 3.63) is 65.7 Å². The summed E-state index contributed by atoms with van der Waals surface area (Å²) in [4.78, 5) is 28.9. The van der Waals surface area contributed by atoms with Crippen LogP contribution in [0, 0.1) is 6.92 Å². The lowest BCUT2D eigenvalue weighted by Gasteiger charge is -2.34. The molecule has 5 nitrogen and oxygen atoms in total. The number of nitrogens with zero attached hydrogens (tertiary/aromatic N) is 2. The van der Waals surface area contributed by atoms with Crippen molar-refractivity contribution in [1.82, 2.24) is 9.80 Å². The van der Waals surface area contributed by atoms with Crippen LogP contribution >= 0.6 is 0 Å². The summed E-state index contributed by atoms with van der Waals surface area (Å²) in [6.07, 6.45) is 0.526. The highest BCUT2D eigenvalue weighted by atomic mass is 16.2.